The zero-order chi connectivity index (χ0) is 14.7. The number of hydrogen-bond donors (Lipinski definition) is 2. The first-order valence-corrected chi connectivity index (χ1v) is 7.42. The van der Waals surface area contributed by atoms with Gasteiger partial charge >= 0.3 is 0 Å². The van der Waals surface area contributed by atoms with Crippen LogP contribution in [0, 0.1) is 0 Å². The van der Waals surface area contributed by atoms with Crippen molar-refractivity contribution in [1.29, 1.82) is 0 Å². The number of anilines is 2. The zero-order valence-corrected chi connectivity index (χ0v) is 12.5. The van der Waals surface area contributed by atoms with Gasteiger partial charge in [-0.05, 0) is 24.3 Å². The summed E-state index contributed by atoms with van der Waals surface area (Å²) < 4.78 is 5.27. The molecule has 0 amide bonds. The molecule has 0 aromatic heterocycles. The van der Waals surface area contributed by atoms with E-state index in [1.54, 1.807) is 7.05 Å². The second kappa shape index (κ2) is 6.32. The second-order valence-corrected chi connectivity index (χ2v) is 5.50. The van der Waals surface area contributed by atoms with E-state index in [4.69, 9.17) is 10.5 Å². The van der Waals surface area contributed by atoms with Crippen molar-refractivity contribution >= 4 is 17.3 Å². The van der Waals surface area contributed by atoms with E-state index < -0.39 is 0 Å². The Morgan fingerprint density at radius 3 is 2.38 bits per heavy atom. The SMILES string of the molecule is CN=C(N)Nc1ccc(N2CCN(C3COC3)CC2)cc1. The highest BCUT2D eigenvalue weighted by Crippen LogP contribution is 2.21. The standard InChI is InChI=1S/C15H23N5O/c1-17-15(16)18-12-2-4-13(5-3-12)19-6-8-20(9-7-19)14-10-21-11-14/h2-5,14H,6-11H2,1H3,(H3,16,17,18). The molecule has 0 bridgehead atoms. The van der Waals surface area contributed by atoms with E-state index in [0.29, 0.717) is 12.0 Å². The highest BCUT2D eigenvalue weighted by molar-refractivity contribution is 5.92. The minimum absolute atomic E-state index is 0.430. The molecule has 0 atom stereocenters. The fraction of sp³-hybridized carbons (Fsp3) is 0.533. The van der Waals surface area contributed by atoms with Crippen LogP contribution in [0.1, 0.15) is 0 Å². The van der Waals surface area contributed by atoms with Gasteiger partial charge in [-0.3, -0.25) is 9.89 Å². The monoisotopic (exact) mass is 289 g/mol. The normalized spacial score (nSPS) is 21.2. The third kappa shape index (κ3) is 3.28. The zero-order valence-electron chi connectivity index (χ0n) is 12.5. The summed E-state index contributed by atoms with van der Waals surface area (Å²) in [6.07, 6.45) is 0. The van der Waals surface area contributed by atoms with E-state index >= 15 is 0 Å². The summed E-state index contributed by atoms with van der Waals surface area (Å²) in [5, 5.41) is 3.05. The first kappa shape index (κ1) is 14.2. The van der Waals surface area contributed by atoms with Gasteiger partial charge in [-0.2, -0.15) is 0 Å². The maximum absolute atomic E-state index is 5.66. The molecule has 21 heavy (non-hydrogen) atoms. The van der Waals surface area contributed by atoms with E-state index in [-0.39, 0.29) is 0 Å². The molecule has 0 saturated carbocycles. The number of ether oxygens (including phenoxy) is 1. The highest BCUT2D eigenvalue weighted by atomic mass is 16.5. The van der Waals surface area contributed by atoms with E-state index in [2.05, 4.69) is 32.2 Å². The van der Waals surface area contributed by atoms with E-state index in [0.717, 1.165) is 45.1 Å². The minimum Gasteiger partial charge on any atom is -0.378 e. The van der Waals surface area contributed by atoms with Crippen molar-refractivity contribution in [2.24, 2.45) is 10.7 Å². The second-order valence-electron chi connectivity index (χ2n) is 5.50. The van der Waals surface area contributed by atoms with Gasteiger partial charge in [0.05, 0.1) is 19.3 Å². The topological polar surface area (TPSA) is 66.1 Å². The van der Waals surface area contributed by atoms with Crippen LogP contribution >= 0.6 is 0 Å². The number of piperazine rings is 1. The van der Waals surface area contributed by atoms with Gasteiger partial charge in [-0.15, -0.1) is 0 Å². The lowest BCUT2D eigenvalue weighted by atomic mass is 10.1. The Morgan fingerprint density at radius 2 is 1.86 bits per heavy atom. The Kier molecular flexibility index (Phi) is 4.26. The molecular formula is C15H23N5O. The largest absolute Gasteiger partial charge is 0.378 e. The third-order valence-corrected chi connectivity index (χ3v) is 4.20. The minimum atomic E-state index is 0.430. The number of nitrogens with zero attached hydrogens (tertiary/aromatic N) is 3. The molecule has 0 aliphatic carbocycles. The van der Waals surface area contributed by atoms with Crippen LogP contribution in [0.2, 0.25) is 0 Å². The van der Waals surface area contributed by atoms with Crippen molar-refractivity contribution in [3.05, 3.63) is 24.3 Å². The number of hydrogen-bond acceptors (Lipinski definition) is 4. The lowest BCUT2D eigenvalue weighted by Crippen LogP contribution is -2.56. The number of nitrogens with two attached hydrogens (primary N) is 1. The van der Waals surface area contributed by atoms with E-state index in [9.17, 15) is 0 Å². The molecule has 1 aromatic rings. The van der Waals surface area contributed by atoms with Crippen LogP contribution in [0.25, 0.3) is 0 Å². The lowest BCUT2D eigenvalue weighted by Gasteiger charge is -2.43. The van der Waals surface area contributed by atoms with Crippen LogP contribution in [-0.2, 0) is 4.74 Å². The lowest BCUT2D eigenvalue weighted by molar-refractivity contribution is -0.0660. The molecule has 0 unspecified atom stereocenters. The van der Waals surface area contributed by atoms with Crippen molar-refractivity contribution in [3.63, 3.8) is 0 Å². The van der Waals surface area contributed by atoms with Gasteiger partial charge in [-0.1, -0.05) is 0 Å². The molecule has 2 aliphatic rings. The van der Waals surface area contributed by atoms with Crippen molar-refractivity contribution in [2.45, 2.75) is 6.04 Å². The van der Waals surface area contributed by atoms with Gasteiger partial charge in [0.2, 0.25) is 0 Å². The predicted molar refractivity (Wildman–Crippen MR) is 86.0 cm³/mol. The molecule has 2 heterocycles. The summed E-state index contributed by atoms with van der Waals surface area (Å²) in [5.74, 6) is 0.430. The molecule has 2 aliphatic heterocycles. The Bertz CT molecular complexity index is 489. The van der Waals surface area contributed by atoms with Gasteiger partial charge in [0.1, 0.15) is 0 Å². The average molecular weight is 289 g/mol. The first-order valence-electron chi connectivity index (χ1n) is 7.42. The van der Waals surface area contributed by atoms with Crippen LogP contribution < -0.4 is 16.0 Å². The maximum Gasteiger partial charge on any atom is 0.192 e. The molecule has 2 fully saturated rings. The molecule has 1 aromatic carbocycles. The Morgan fingerprint density at radius 1 is 1.19 bits per heavy atom. The van der Waals surface area contributed by atoms with Crippen molar-refractivity contribution in [2.75, 3.05) is 56.7 Å². The average Bonchev–Trinajstić information content (AvgIpc) is 2.47. The highest BCUT2D eigenvalue weighted by Gasteiger charge is 2.28. The molecule has 114 valence electrons. The van der Waals surface area contributed by atoms with Gasteiger partial charge < -0.3 is 20.7 Å². The molecule has 0 radical (unpaired) electrons. The molecule has 6 heteroatoms. The van der Waals surface area contributed by atoms with Gasteiger partial charge in [0.25, 0.3) is 0 Å². The molecule has 3 N–H and O–H groups in total. The number of nitrogens with one attached hydrogen (secondary N) is 1. The predicted octanol–water partition coefficient (Wildman–Crippen LogP) is 0.564. The fourth-order valence-electron chi connectivity index (χ4n) is 2.74. The summed E-state index contributed by atoms with van der Waals surface area (Å²) in [6, 6.07) is 9.00. The van der Waals surface area contributed by atoms with Crippen LogP contribution in [0.15, 0.2) is 29.3 Å². The Labute approximate surface area is 125 Å². The third-order valence-electron chi connectivity index (χ3n) is 4.20. The maximum atomic E-state index is 5.66. The summed E-state index contributed by atoms with van der Waals surface area (Å²) in [4.78, 5) is 8.86. The van der Waals surface area contributed by atoms with E-state index in [1.165, 1.54) is 5.69 Å². The number of aliphatic imine (C=N–C) groups is 1. The fourth-order valence-corrected chi connectivity index (χ4v) is 2.74. The van der Waals surface area contributed by atoms with Crippen molar-refractivity contribution in [3.8, 4) is 0 Å². The summed E-state index contributed by atoms with van der Waals surface area (Å²) >= 11 is 0. The molecule has 0 spiro atoms. The smallest absolute Gasteiger partial charge is 0.192 e. The Hall–Kier alpha value is -1.79. The van der Waals surface area contributed by atoms with Crippen LogP contribution in [-0.4, -0.2) is 63.3 Å². The van der Waals surface area contributed by atoms with E-state index in [1.807, 2.05) is 12.1 Å². The van der Waals surface area contributed by atoms with Gasteiger partial charge in [0, 0.05) is 44.6 Å². The molecule has 3 rings (SSSR count). The number of guanidine groups is 1. The number of benzene rings is 1. The summed E-state index contributed by atoms with van der Waals surface area (Å²) in [7, 11) is 1.67. The molecule has 2 saturated heterocycles. The van der Waals surface area contributed by atoms with Gasteiger partial charge in [0.15, 0.2) is 5.96 Å². The summed E-state index contributed by atoms with van der Waals surface area (Å²) in [5.41, 5.74) is 7.89. The van der Waals surface area contributed by atoms with Crippen LogP contribution in [0.5, 0.6) is 0 Å². The van der Waals surface area contributed by atoms with Crippen LogP contribution in [0.3, 0.4) is 0 Å². The quantitative estimate of drug-likeness (QED) is 0.629. The summed E-state index contributed by atoms with van der Waals surface area (Å²) in [6.45, 7) is 6.18. The van der Waals surface area contributed by atoms with Crippen molar-refractivity contribution in [1.82, 2.24) is 4.90 Å². The van der Waals surface area contributed by atoms with Crippen molar-refractivity contribution < 1.29 is 4.74 Å². The molecular weight excluding hydrogens is 266 g/mol. The first-order chi connectivity index (χ1) is 10.3. The van der Waals surface area contributed by atoms with Gasteiger partial charge in [-0.25, -0.2) is 0 Å². The number of rotatable bonds is 3. The van der Waals surface area contributed by atoms with Crippen LogP contribution in [0.4, 0.5) is 11.4 Å². The Balaban J connectivity index is 1.55. The molecule has 6 nitrogen and oxygen atoms in total.